The predicted molar refractivity (Wildman–Crippen MR) is 87.5 cm³/mol. The molecule has 0 aromatic rings. The Morgan fingerprint density at radius 1 is 1.08 bits per heavy atom. The molecule has 0 heterocycles. The van der Waals surface area contributed by atoms with Crippen LogP contribution in [0.4, 0.5) is 8.78 Å². The van der Waals surface area contributed by atoms with E-state index >= 15 is 0 Å². The highest BCUT2D eigenvalue weighted by atomic mass is 32.2. The van der Waals surface area contributed by atoms with E-state index in [1.807, 2.05) is 20.8 Å². The number of rotatable bonds is 5. The summed E-state index contributed by atoms with van der Waals surface area (Å²) in [4.78, 5) is 16.2. The lowest BCUT2D eigenvalue weighted by atomic mass is 9.81. The Morgan fingerprint density at radius 3 is 1.75 bits per heavy atom. The second-order valence-electron chi connectivity index (χ2n) is 8.45. The van der Waals surface area contributed by atoms with Crippen molar-refractivity contribution in [2.24, 2.45) is 17.3 Å². The molecule has 0 bridgehead atoms. The molecule has 0 spiro atoms. The number of hydrogen-bond donors (Lipinski definition) is 2. The molecule has 0 radical (unpaired) electrons. The van der Waals surface area contributed by atoms with Crippen LogP contribution in [0.15, 0.2) is 0 Å². The van der Waals surface area contributed by atoms with Gasteiger partial charge in [-0.2, -0.15) is 9.59 Å². The zero-order valence-corrected chi connectivity index (χ0v) is 16.2. The van der Waals surface area contributed by atoms with Gasteiger partial charge >= 0.3 is 6.15 Å². The minimum Gasteiger partial charge on any atom is -0.390 e. The first-order chi connectivity index (χ1) is 10.6. The molecular weight excluding hydrogens is 340 g/mol. The van der Waals surface area contributed by atoms with Crippen molar-refractivity contribution in [2.75, 3.05) is 6.61 Å². The average molecular weight is 369 g/mol. The van der Waals surface area contributed by atoms with Crippen molar-refractivity contribution in [2.45, 2.75) is 71.1 Å². The van der Waals surface area contributed by atoms with Gasteiger partial charge in [0.2, 0.25) is 0 Å². The third-order valence-electron chi connectivity index (χ3n) is 4.46. The van der Waals surface area contributed by atoms with Gasteiger partial charge in [-0.05, 0) is 51.4 Å². The largest absolute Gasteiger partial charge is 0.390 e. The number of halogens is 2. The van der Waals surface area contributed by atoms with Gasteiger partial charge in [0.05, 0.1) is 21.3 Å². The molecule has 142 valence electrons. The fourth-order valence-electron chi connectivity index (χ4n) is 2.72. The van der Waals surface area contributed by atoms with E-state index < -0.39 is 33.8 Å². The summed E-state index contributed by atoms with van der Waals surface area (Å²) in [6.07, 6.45) is 0.907. The number of alkyl halides is 2. The maximum atomic E-state index is 14.4. The van der Waals surface area contributed by atoms with Crippen LogP contribution in [0.25, 0.3) is 0 Å². The van der Waals surface area contributed by atoms with Gasteiger partial charge in [-0.1, -0.05) is 20.8 Å². The SMILES string of the molecule is CC(C)(C)[C@H]1C[C@@H]1[C@@](C)(N[S@](=O)C(C)(C)C)C(F)(F)CO.O=C=O. The first kappa shape index (κ1) is 23.3. The second kappa shape index (κ2) is 7.68. The molecular formula is C16H29F2NO4S. The Hall–Kier alpha value is -0.690. The molecule has 0 saturated heterocycles. The molecule has 1 aliphatic rings. The summed E-state index contributed by atoms with van der Waals surface area (Å²) in [5, 5.41) is 9.12. The van der Waals surface area contributed by atoms with Gasteiger partial charge in [0.1, 0.15) is 6.61 Å². The number of nitrogens with one attached hydrogen (secondary N) is 1. The summed E-state index contributed by atoms with van der Waals surface area (Å²) in [7, 11) is -1.62. The molecule has 0 unspecified atom stereocenters. The van der Waals surface area contributed by atoms with E-state index in [1.54, 1.807) is 20.8 Å². The van der Waals surface area contributed by atoms with Crippen LogP contribution in [0, 0.1) is 17.3 Å². The summed E-state index contributed by atoms with van der Waals surface area (Å²) < 4.78 is 43.0. The van der Waals surface area contributed by atoms with Crippen LogP contribution in [-0.2, 0) is 20.6 Å². The molecule has 0 aromatic heterocycles. The molecule has 1 fully saturated rings. The Balaban J connectivity index is 0.00000163. The predicted octanol–water partition coefficient (Wildman–Crippen LogP) is 2.52. The Labute approximate surface area is 145 Å². The zero-order chi connectivity index (χ0) is 19.6. The van der Waals surface area contributed by atoms with Gasteiger partial charge in [-0.15, -0.1) is 0 Å². The Bertz CT molecular complexity index is 493. The fourth-order valence-corrected chi connectivity index (χ4v) is 3.71. The van der Waals surface area contributed by atoms with Crippen molar-refractivity contribution >= 4 is 17.1 Å². The highest BCUT2D eigenvalue weighted by Gasteiger charge is 2.65. The van der Waals surface area contributed by atoms with Crippen molar-refractivity contribution in [1.82, 2.24) is 4.72 Å². The highest BCUT2D eigenvalue weighted by Crippen LogP contribution is 2.59. The number of hydrogen-bond acceptors (Lipinski definition) is 4. The second-order valence-corrected chi connectivity index (χ2v) is 10.4. The van der Waals surface area contributed by atoms with Gasteiger partial charge in [0.25, 0.3) is 5.92 Å². The maximum absolute atomic E-state index is 14.4. The van der Waals surface area contributed by atoms with Gasteiger partial charge in [0.15, 0.2) is 0 Å². The molecule has 0 aliphatic heterocycles. The van der Waals surface area contributed by atoms with Crippen molar-refractivity contribution in [1.29, 1.82) is 0 Å². The van der Waals surface area contributed by atoms with Crippen molar-refractivity contribution in [3.63, 3.8) is 0 Å². The molecule has 5 nitrogen and oxygen atoms in total. The first-order valence-electron chi connectivity index (χ1n) is 7.76. The Morgan fingerprint density at radius 2 is 1.50 bits per heavy atom. The van der Waals surface area contributed by atoms with Gasteiger partial charge in [0, 0.05) is 0 Å². The summed E-state index contributed by atoms with van der Waals surface area (Å²) in [6.45, 7) is 11.4. The average Bonchev–Trinajstić information content (AvgIpc) is 3.18. The molecule has 2 N–H and O–H groups in total. The van der Waals surface area contributed by atoms with E-state index in [4.69, 9.17) is 14.7 Å². The number of aliphatic hydroxyl groups is 1. The summed E-state index contributed by atoms with van der Waals surface area (Å²) in [6, 6.07) is 0. The van der Waals surface area contributed by atoms with Gasteiger partial charge in [-0.3, -0.25) is 0 Å². The fraction of sp³-hybridized carbons (Fsp3) is 0.938. The first-order valence-corrected chi connectivity index (χ1v) is 8.91. The minimum absolute atomic E-state index is 0.0810. The lowest BCUT2D eigenvalue weighted by molar-refractivity contribution is -0.191. The van der Waals surface area contributed by atoms with E-state index in [9.17, 15) is 13.0 Å². The number of carbonyl (C=O) groups excluding carboxylic acids is 2. The smallest absolute Gasteiger partial charge is 0.373 e. The van der Waals surface area contributed by atoms with Crippen LogP contribution in [0.2, 0.25) is 0 Å². The molecule has 1 rings (SSSR count). The monoisotopic (exact) mass is 369 g/mol. The molecule has 0 aromatic carbocycles. The zero-order valence-electron chi connectivity index (χ0n) is 15.4. The summed E-state index contributed by atoms with van der Waals surface area (Å²) >= 11 is 0. The van der Waals surface area contributed by atoms with E-state index in [2.05, 4.69) is 4.72 Å². The van der Waals surface area contributed by atoms with Crippen LogP contribution >= 0.6 is 0 Å². The van der Waals surface area contributed by atoms with Gasteiger partial charge < -0.3 is 5.11 Å². The lowest BCUT2D eigenvalue weighted by Gasteiger charge is -2.40. The van der Waals surface area contributed by atoms with Crippen molar-refractivity contribution in [3.05, 3.63) is 0 Å². The Kier molecular flexibility index (Phi) is 7.46. The topological polar surface area (TPSA) is 83.5 Å². The van der Waals surface area contributed by atoms with Crippen LogP contribution < -0.4 is 4.72 Å². The van der Waals surface area contributed by atoms with E-state index in [0.717, 1.165) is 0 Å². The molecule has 0 amide bonds. The maximum Gasteiger partial charge on any atom is 0.373 e. The molecule has 24 heavy (non-hydrogen) atoms. The normalized spacial score (nSPS) is 24.9. The van der Waals surface area contributed by atoms with Crippen LogP contribution in [0.1, 0.15) is 54.9 Å². The van der Waals surface area contributed by atoms with Crippen LogP contribution in [0.3, 0.4) is 0 Å². The van der Waals surface area contributed by atoms with E-state index in [1.165, 1.54) is 6.92 Å². The number of aliphatic hydroxyl groups excluding tert-OH is 1. The minimum atomic E-state index is -3.32. The van der Waals surface area contributed by atoms with Crippen LogP contribution in [0.5, 0.6) is 0 Å². The standard InChI is InChI=1S/C15H29F2NO2S.CO2/c1-12(2,3)10-8-11(10)14(7,15(16,17)9-19)18-21(20)13(4,5)6;2-1-3/h10-11,18-19H,8-9H2,1-7H3;/t10-,11-,14+,21+;/m0./s1. The molecule has 1 saturated carbocycles. The quantitative estimate of drug-likeness (QED) is 0.780. The molecule has 1 aliphatic carbocycles. The molecule has 8 heteroatoms. The molecule has 4 atom stereocenters. The van der Waals surface area contributed by atoms with Gasteiger partial charge in [-0.25, -0.2) is 17.7 Å². The third kappa shape index (κ3) is 5.41. The highest BCUT2D eigenvalue weighted by molar-refractivity contribution is 7.84. The van der Waals surface area contributed by atoms with E-state index in [-0.39, 0.29) is 23.4 Å². The third-order valence-corrected chi connectivity index (χ3v) is 6.19. The van der Waals surface area contributed by atoms with E-state index in [0.29, 0.717) is 6.42 Å². The summed E-state index contributed by atoms with van der Waals surface area (Å²) in [5.41, 5.74) is -1.75. The summed E-state index contributed by atoms with van der Waals surface area (Å²) in [5.74, 6) is -3.49. The van der Waals surface area contributed by atoms with Crippen LogP contribution in [-0.4, -0.2) is 38.3 Å². The van der Waals surface area contributed by atoms with Crippen molar-refractivity contribution in [3.8, 4) is 0 Å². The van der Waals surface area contributed by atoms with Crippen molar-refractivity contribution < 1.29 is 27.7 Å². The lowest BCUT2D eigenvalue weighted by Crippen LogP contribution is -2.62.